The van der Waals surface area contributed by atoms with Crippen molar-refractivity contribution >= 4 is 17.5 Å². The van der Waals surface area contributed by atoms with Crippen LogP contribution in [0.3, 0.4) is 0 Å². The minimum atomic E-state index is 0.0662. The molecule has 1 aromatic carbocycles. The molecule has 1 fully saturated rings. The molecule has 0 saturated heterocycles. The maximum absolute atomic E-state index is 12.2. The third-order valence-corrected chi connectivity index (χ3v) is 5.02. The first kappa shape index (κ1) is 16.8. The van der Waals surface area contributed by atoms with Gasteiger partial charge in [0, 0.05) is 19.5 Å². The van der Waals surface area contributed by atoms with Gasteiger partial charge < -0.3 is 15.0 Å². The summed E-state index contributed by atoms with van der Waals surface area (Å²) in [7, 11) is 1.78. The van der Waals surface area contributed by atoms with E-state index < -0.39 is 0 Å². The smallest absolute Gasteiger partial charge is 0.230 e. The van der Waals surface area contributed by atoms with E-state index in [0.29, 0.717) is 19.6 Å². The SMILES string of the molecule is CN1C(=O)CCOc2ccc(CCNC(=O)C3CCCCC3)cc21. The summed E-state index contributed by atoms with van der Waals surface area (Å²) in [6, 6.07) is 5.92. The average molecular weight is 330 g/mol. The molecule has 2 amide bonds. The molecule has 0 atom stereocenters. The van der Waals surface area contributed by atoms with Crippen LogP contribution in [-0.4, -0.2) is 32.0 Å². The number of fused-ring (bicyclic) bond motifs is 1. The lowest BCUT2D eigenvalue weighted by Crippen LogP contribution is -2.33. The number of benzene rings is 1. The predicted octanol–water partition coefficient (Wildman–Crippen LogP) is 2.67. The summed E-state index contributed by atoms with van der Waals surface area (Å²) in [5.74, 6) is 1.21. The number of rotatable bonds is 4. The Hall–Kier alpha value is -2.04. The third kappa shape index (κ3) is 3.89. The Morgan fingerprint density at radius 2 is 2.08 bits per heavy atom. The van der Waals surface area contributed by atoms with Crippen molar-refractivity contribution in [3.63, 3.8) is 0 Å². The largest absolute Gasteiger partial charge is 0.491 e. The van der Waals surface area contributed by atoms with Gasteiger partial charge in [-0.15, -0.1) is 0 Å². The zero-order chi connectivity index (χ0) is 16.9. The van der Waals surface area contributed by atoms with E-state index in [4.69, 9.17) is 4.74 Å². The molecule has 0 radical (unpaired) electrons. The van der Waals surface area contributed by atoms with Crippen LogP contribution in [0.2, 0.25) is 0 Å². The molecule has 1 aliphatic carbocycles. The molecule has 1 aromatic rings. The molecule has 0 aromatic heterocycles. The van der Waals surface area contributed by atoms with Crippen molar-refractivity contribution in [3.8, 4) is 5.75 Å². The van der Waals surface area contributed by atoms with Gasteiger partial charge in [0.25, 0.3) is 0 Å². The van der Waals surface area contributed by atoms with Gasteiger partial charge in [-0.1, -0.05) is 25.3 Å². The second-order valence-corrected chi connectivity index (χ2v) is 6.73. The monoisotopic (exact) mass is 330 g/mol. The Labute approximate surface area is 143 Å². The van der Waals surface area contributed by atoms with Crippen LogP contribution in [-0.2, 0) is 16.0 Å². The molecule has 24 heavy (non-hydrogen) atoms. The number of carbonyl (C=O) groups excluding carboxylic acids is 2. The summed E-state index contributed by atoms with van der Waals surface area (Å²) in [5.41, 5.74) is 1.91. The quantitative estimate of drug-likeness (QED) is 0.923. The second kappa shape index (κ2) is 7.69. The number of ether oxygens (including phenoxy) is 1. The summed E-state index contributed by atoms with van der Waals surface area (Å²) >= 11 is 0. The van der Waals surface area contributed by atoms with E-state index in [-0.39, 0.29) is 17.7 Å². The van der Waals surface area contributed by atoms with E-state index in [1.165, 1.54) is 19.3 Å². The molecule has 1 aliphatic heterocycles. The van der Waals surface area contributed by atoms with Crippen LogP contribution in [0, 0.1) is 5.92 Å². The zero-order valence-corrected chi connectivity index (χ0v) is 14.3. The van der Waals surface area contributed by atoms with E-state index >= 15 is 0 Å². The van der Waals surface area contributed by atoms with Crippen molar-refractivity contribution < 1.29 is 14.3 Å². The van der Waals surface area contributed by atoms with Crippen molar-refractivity contribution in [1.29, 1.82) is 0 Å². The summed E-state index contributed by atoms with van der Waals surface area (Å²) in [5, 5.41) is 3.06. The van der Waals surface area contributed by atoms with Gasteiger partial charge in [-0.05, 0) is 37.0 Å². The normalized spacial score (nSPS) is 18.5. The highest BCUT2D eigenvalue weighted by molar-refractivity contribution is 5.95. The van der Waals surface area contributed by atoms with E-state index in [2.05, 4.69) is 5.32 Å². The predicted molar refractivity (Wildman–Crippen MR) is 93.3 cm³/mol. The van der Waals surface area contributed by atoms with Crippen molar-refractivity contribution in [2.75, 3.05) is 25.1 Å². The van der Waals surface area contributed by atoms with Crippen LogP contribution < -0.4 is 15.0 Å². The Balaban J connectivity index is 1.57. The lowest BCUT2D eigenvalue weighted by atomic mass is 9.88. The fraction of sp³-hybridized carbons (Fsp3) is 0.579. The molecule has 5 heteroatoms. The van der Waals surface area contributed by atoms with Crippen LogP contribution in [0.4, 0.5) is 5.69 Å². The molecule has 0 spiro atoms. The van der Waals surface area contributed by atoms with Gasteiger partial charge in [0.15, 0.2) is 0 Å². The highest BCUT2D eigenvalue weighted by Gasteiger charge is 2.21. The maximum Gasteiger partial charge on any atom is 0.230 e. The van der Waals surface area contributed by atoms with Gasteiger partial charge >= 0.3 is 0 Å². The Kier molecular flexibility index (Phi) is 5.38. The summed E-state index contributed by atoms with van der Waals surface area (Å²) in [6.45, 7) is 1.06. The minimum absolute atomic E-state index is 0.0662. The molecule has 5 nitrogen and oxygen atoms in total. The van der Waals surface area contributed by atoms with Crippen LogP contribution in [0.15, 0.2) is 18.2 Å². The zero-order valence-electron chi connectivity index (χ0n) is 14.3. The van der Waals surface area contributed by atoms with Crippen molar-refractivity contribution in [1.82, 2.24) is 5.32 Å². The number of anilines is 1. The van der Waals surface area contributed by atoms with E-state index in [0.717, 1.165) is 36.3 Å². The highest BCUT2D eigenvalue weighted by Crippen LogP contribution is 2.31. The van der Waals surface area contributed by atoms with Crippen molar-refractivity contribution in [2.45, 2.75) is 44.9 Å². The molecule has 2 aliphatic rings. The number of carbonyl (C=O) groups is 2. The van der Waals surface area contributed by atoms with Crippen LogP contribution in [0.1, 0.15) is 44.1 Å². The number of hydrogen-bond acceptors (Lipinski definition) is 3. The first-order valence-corrected chi connectivity index (χ1v) is 8.95. The fourth-order valence-electron chi connectivity index (χ4n) is 3.49. The molecular formula is C19H26N2O3. The molecule has 130 valence electrons. The number of nitrogens with one attached hydrogen (secondary N) is 1. The lowest BCUT2D eigenvalue weighted by molar-refractivity contribution is -0.125. The summed E-state index contributed by atoms with van der Waals surface area (Å²) in [6.07, 6.45) is 6.80. The third-order valence-electron chi connectivity index (χ3n) is 5.02. The topological polar surface area (TPSA) is 58.6 Å². The average Bonchev–Trinajstić information content (AvgIpc) is 2.75. The lowest BCUT2D eigenvalue weighted by Gasteiger charge is -2.21. The van der Waals surface area contributed by atoms with Gasteiger partial charge in [-0.25, -0.2) is 0 Å². The molecular weight excluding hydrogens is 304 g/mol. The molecule has 0 bridgehead atoms. The molecule has 3 rings (SSSR count). The number of nitrogens with zero attached hydrogens (tertiary/aromatic N) is 1. The van der Waals surface area contributed by atoms with Crippen molar-refractivity contribution in [3.05, 3.63) is 23.8 Å². The van der Waals surface area contributed by atoms with Gasteiger partial charge in [0.2, 0.25) is 11.8 Å². The standard InChI is InChI=1S/C19H26N2O3/c1-21-16-13-14(7-8-17(16)24-12-10-18(21)22)9-11-20-19(23)15-5-3-2-4-6-15/h7-8,13,15H,2-6,9-12H2,1H3,(H,20,23). The van der Waals surface area contributed by atoms with Gasteiger partial charge in [0.1, 0.15) is 5.75 Å². The second-order valence-electron chi connectivity index (χ2n) is 6.73. The van der Waals surface area contributed by atoms with E-state index in [9.17, 15) is 9.59 Å². The first-order valence-electron chi connectivity index (χ1n) is 8.95. The fourth-order valence-corrected chi connectivity index (χ4v) is 3.49. The molecule has 1 saturated carbocycles. The molecule has 1 heterocycles. The summed E-state index contributed by atoms with van der Waals surface area (Å²) in [4.78, 5) is 25.8. The maximum atomic E-state index is 12.2. The van der Waals surface area contributed by atoms with Crippen LogP contribution in [0.25, 0.3) is 0 Å². The molecule has 0 unspecified atom stereocenters. The minimum Gasteiger partial charge on any atom is -0.491 e. The first-order chi connectivity index (χ1) is 11.6. The Bertz CT molecular complexity index is 609. The van der Waals surface area contributed by atoms with Crippen LogP contribution >= 0.6 is 0 Å². The Morgan fingerprint density at radius 3 is 2.88 bits per heavy atom. The van der Waals surface area contributed by atoms with Gasteiger partial charge in [-0.2, -0.15) is 0 Å². The van der Waals surface area contributed by atoms with E-state index in [1.807, 2.05) is 18.2 Å². The summed E-state index contributed by atoms with van der Waals surface area (Å²) < 4.78 is 5.63. The van der Waals surface area contributed by atoms with E-state index in [1.54, 1.807) is 11.9 Å². The van der Waals surface area contributed by atoms with Gasteiger partial charge in [-0.3, -0.25) is 9.59 Å². The van der Waals surface area contributed by atoms with Gasteiger partial charge in [0.05, 0.1) is 18.7 Å². The Morgan fingerprint density at radius 1 is 1.29 bits per heavy atom. The molecule has 1 N–H and O–H groups in total. The highest BCUT2D eigenvalue weighted by atomic mass is 16.5. The van der Waals surface area contributed by atoms with Crippen LogP contribution in [0.5, 0.6) is 5.75 Å². The number of amides is 2. The van der Waals surface area contributed by atoms with Crippen molar-refractivity contribution in [2.24, 2.45) is 5.92 Å². The number of hydrogen-bond donors (Lipinski definition) is 1.